The lowest BCUT2D eigenvalue weighted by Gasteiger charge is -2.17. The van der Waals surface area contributed by atoms with Gasteiger partial charge in [-0.3, -0.25) is 4.79 Å². The van der Waals surface area contributed by atoms with E-state index in [0.717, 1.165) is 16.5 Å². The van der Waals surface area contributed by atoms with Gasteiger partial charge in [0.2, 0.25) is 0 Å². The van der Waals surface area contributed by atoms with Gasteiger partial charge in [0, 0.05) is 36.3 Å². The molecule has 0 radical (unpaired) electrons. The lowest BCUT2D eigenvalue weighted by molar-refractivity contribution is -0.123. The Morgan fingerprint density at radius 3 is 2.86 bits per heavy atom. The lowest BCUT2D eigenvalue weighted by Crippen LogP contribution is -2.30. The van der Waals surface area contributed by atoms with Gasteiger partial charge in [0.15, 0.2) is 6.61 Å². The molecule has 1 unspecified atom stereocenters. The summed E-state index contributed by atoms with van der Waals surface area (Å²) in [5.41, 5.74) is 1.01. The Labute approximate surface area is 134 Å². The molecular formula is C15H23BrN2O3. The molecule has 0 aromatic heterocycles. The molecule has 0 spiro atoms. The van der Waals surface area contributed by atoms with Crippen LogP contribution in [0.1, 0.15) is 24.9 Å². The Balaban J connectivity index is 2.52. The van der Waals surface area contributed by atoms with Crippen molar-refractivity contribution < 1.29 is 14.3 Å². The van der Waals surface area contributed by atoms with E-state index in [-0.39, 0.29) is 18.6 Å². The molecule has 1 aromatic rings. The molecule has 0 bridgehead atoms. The Hall–Kier alpha value is -1.11. The molecule has 5 nitrogen and oxygen atoms in total. The number of ether oxygens (including phenoxy) is 2. The van der Waals surface area contributed by atoms with Crippen LogP contribution in [0.5, 0.6) is 5.75 Å². The molecule has 0 saturated heterocycles. The maximum atomic E-state index is 11.7. The predicted molar refractivity (Wildman–Crippen MR) is 86.6 cm³/mol. The minimum absolute atomic E-state index is 0.0120. The van der Waals surface area contributed by atoms with Crippen molar-refractivity contribution in [1.29, 1.82) is 0 Å². The minimum atomic E-state index is -0.128. The molecular weight excluding hydrogens is 336 g/mol. The second kappa shape index (κ2) is 9.76. The smallest absolute Gasteiger partial charge is 0.257 e. The average molecular weight is 359 g/mol. The van der Waals surface area contributed by atoms with Crippen molar-refractivity contribution in [1.82, 2.24) is 10.6 Å². The van der Waals surface area contributed by atoms with Gasteiger partial charge in [-0.05, 0) is 38.6 Å². The van der Waals surface area contributed by atoms with E-state index in [1.807, 2.05) is 32.2 Å². The van der Waals surface area contributed by atoms with Gasteiger partial charge in [-0.25, -0.2) is 0 Å². The summed E-state index contributed by atoms with van der Waals surface area (Å²) in [4.78, 5) is 11.7. The summed E-state index contributed by atoms with van der Waals surface area (Å²) in [6.07, 6.45) is 0.794. The third kappa shape index (κ3) is 6.46. The van der Waals surface area contributed by atoms with Crippen molar-refractivity contribution in [2.24, 2.45) is 0 Å². The van der Waals surface area contributed by atoms with Crippen molar-refractivity contribution in [2.75, 3.05) is 33.9 Å². The molecule has 0 aliphatic carbocycles. The number of benzene rings is 1. The van der Waals surface area contributed by atoms with Crippen LogP contribution in [0.25, 0.3) is 0 Å². The van der Waals surface area contributed by atoms with E-state index < -0.39 is 0 Å². The zero-order valence-electron chi connectivity index (χ0n) is 12.7. The second-order valence-electron chi connectivity index (χ2n) is 4.68. The second-order valence-corrected chi connectivity index (χ2v) is 5.59. The van der Waals surface area contributed by atoms with Crippen molar-refractivity contribution >= 4 is 21.8 Å². The summed E-state index contributed by atoms with van der Waals surface area (Å²) in [6.45, 7) is 3.28. The van der Waals surface area contributed by atoms with Gasteiger partial charge >= 0.3 is 0 Å². The largest absolute Gasteiger partial charge is 0.483 e. The van der Waals surface area contributed by atoms with E-state index in [2.05, 4.69) is 26.6 Å². The fourth-order valence-electron chi connectivity index (χ4n) is 1.78. The van der Waals surface area contributed by atoms with Crippen LogP contribution in [0.15, 0.2) is 22.7 Å². The molecule has 0 aliphatic rings. The first-order chi connectivity index (χ1) is 10.1. The summed E-state index contributed by atoms with van der Waals surface area (Å²) in [5.74, 6) is 0.587. The van der Waals surface area contributed by atoms with Crippen LogP contribution in [0.4, 0.5) is 0 Å². The highest BCUT2D eigenvalue weighted by molar-refractivity contribution is 9.10. The number of hydrogen-bond donors (Lipinski definition) is 2. The molecule has 1 atom stereocenters. The van der Waals surface area contributed by atoms with E-state index in [1.165, 1.54) is 0 Å². The lowest BCUT2D eigenvalue weighted by atomic mass is 10.1. The number of hydrogen-bond acceptors (Lipinski definition) is 4. The minimum Gasteiger partial charge on any atom is -0.483 e. The highest BCUT2D eigenvalue weighted by Gasteiger charge is 2.12. The van der Waals surface area contributed by atoms with Crippen molar-refractivity contribution in [3.05, 3.63) is 28.2 Å². The van der Waals surface area contributed by atoms with Crippen LogP contribution < -0.4 is 15.4 Å². The molecule has 0 saturated carbocycles. The molecule has 0 aliphatic heterocycles. The van der Waals surface area contributed by atoms with Gasteiger partial charge in [-0.15, -0.1) is 0 Å². The van der Waals surface area contributed by atoms with Crippen molar-refractivity contribution in [2.45, 2.75) is 19.4 Å². The highest BCUT2D eigenvalue weighted by Crippen LogP contribution is 2.28. The predicted octanol–water partition coefficient (Wildman–Crippen LogP) is 2.26. The van der Waals surface area contributed by atoms with Crippen LogP contribution in [-0.2, 0) is 9.53 Å². The van der Waals surface area contributed by atoms with E-state index in [4.69, 9.17) is 9.47 Å². The van der Waals surface area contributed by atoms with Crippen LogP contribution in [-0.4, -0.2) is 39.8 Å². The molecule has 6 heteroatoms. The number of carbonyl (C=O) groups is 1. The van der Waals surface area contributed by atoms with E-state index in [9.17, 15) is 4.79 Å². The number of carbonyl (C=O) groups excluding carboxylic acids is 1. The van der Waals surface area contributed by atoms with Gasteiger partial charge in [0.25, 0.3) is 5.91 Å². The zero-order chi connectivity index (χ0) is 15.7. The third-order valence-corrected chi connectivity index (χ3v) is 3.57. The fraction of sp³-hybridized carbons (Fsp3) is 0.533. The molecule has 0 fully saturated rings. The number of rotatable bonds is 9. The fourth-order valence-corrected chi connectivity index (χ4v) is 2.16. The van der Waals surface area contributed by atoms with Gasteiger partial charge in [-0.2, -0.15) is 0 Å². The van der Waals surface area contributed by atoms with Crippen LogP contribution in [0.2, 0.25) is 0 Å². The average Bonchev–Trinajstić information content (AvgIpc) is 2.49. The maximum absolute atomic E-state index is 11.7. The SMILES string of the molecule is CNC(C)c1cc(Br)ccc1OCC(=O)NCCCOC. The Morgan fingerprint density at radius 1 is 1.43 bits per heavy atom. The van der Waals surface area contributed by atoms with Gasteiger partial charge < -0.3 is 20.1 Å². The van der Waals surface area contributed by atoms with E-state index in [1.54, 1.807) is 7.11 Å². The van der Waals surface area contributed by atoms with Gasteiger partial charge in [0.1, 0.15) is 5.75 Å². The van der Waals surface area contributed by atoms with Gasteiger partial charge in [-0.1, -0.05) is 15.9 Å². The van der Waals surface area contributed by atoms with Crippen LogP contribution >= 0.6 is 15.9 Å². The quantitative estimate of drug-likeness (QED) is 0.664. The van der Waals surface area contributed by atoms with Gasteiger partial charge in [0.05, 0.1) is 0 Å². The van der Waals surface area contributed by atoms with Crippen molar-refractivity contribution in [3.63, 3.8) is 0 Å². The van der Waals surface area contributed by atoms with E-state index >= 15 is 0 Å². The molecule has 118 valence electrons. The number of methoxy groups -OCH3 is 1. The number of halogens is 1. The summed E-state index contributed by atoms with van der Waals surface area (Å²) >= 11 is 3.45. The molecule has 21 heavy (non-hydrogen) atoms. The monoisotopic (exact) mass is 358 g/mol. The van der Waals surface area contributed by atoms with Crippen molar-refractivity contribution in [3.8, 4) is 5.75 Å². The number of amides is 1. The van der Waals surface area contributed by atoms with Crippen LogP contribution in [0, 0.1) is 0 Å². The summed E-state index contributed by atoms with van der Waals surface area (Å²) < 4.78 is 11.5. The first kappa shape index (κ1) is 17.9. The highest BCUT2D eigenvalue weighted by atomic mass is 79.9. The zero-order valence-corrected chi connectivity index (χ0v) is 14.3. The Bertz CT molecular complexity index is 455. The topological polar surface area (TPSA) is 59.6 Å². The molecule has 1 aromatic carbocycles. The Kier molecular flexibility index (Phi) is 8.34. The standard InChI is InChI=1S/C15H23BrN2O3/c1-11(17-2)13-9-12(16)5-6-14(13)21-10-15(19)18-7-4-8-20-3/h5-6,9,11,17H,4,7-8,10H2,1-3H3,(H,18,19). The molecule has 0 heterocycles. The normalized spacial score (nSPS) is 12.0. The molecule has 1 rings (SSSR count). The first-order valence-corrected chi connectivity index (χ1v) is 7.73. The van der Waals surface area contributed by atoms with Crippen LogP contribution in [0.3, 0.4) is 0 Å². The Morgan fingerprint density at radius 2 is 2.19 bits per heavy atom. The van der Waals surface area contributed by atoms with E-state index in [0.29, 0.717) is 18.9 Å². The summed E-state index contributed by atoms with van der Waals surface area (Å²) in [5, 5.41) is 5.96. The molecule has 1 amide bonds. The first-order valence-electron chi connectivity index (χ1n) is 6.93. The maximum Gasteiger partial charge on any atom is 0.257 e. The number of nitrogens with one attached hydrogen (secondary N) is 2. The summed E-state index contributed by atoms with van der Waals surface area (Å²) in [7, 11) is 3.53. The third-order valence-electron chi connectivity index (χ3n) is 3.08. The molecule has 2 N–H and O–H groups in total. The summed E-state index contributed by atoms with van der Waals surface area (Å²) in [6, 6.07) is 5.90.